The Labute approximate surface area is 108 Å². The van der Waals surface area contributed by atoms with E-state index in [4.69, 9.17) is 10.5 Å². The van der Waals surface area contributed by atoms with Crippen LogP contribution in [0.5, 0.6) is 5.88 Å². The fraction of sp³-hybridized carbons (Fsp3) is 0.667. The standard InChI is InChI=1S/C12H21N5O/c1-3-17-6-4-5-9(17)8-14-10-7-11(18-2)16-12(13)15-10/h7,9H,3-6,8H2,1-2H3,(H3,13,14,15,16). The van der Waals surface area contributed by atoms with Crippen LogP contribution in [0.1, 0.15) is 19.8 Å². The Morgan fingerprint density at radius 3 is 3.11 bits per heavy atom. The monoisotopic (exact) mass is 251 g/mol. The summed E-state index contributed by atoms with van der Waals surface area (Å²) in [5.74, 6) is 1.45. The first-order valence-corrected chi connectivity index (χ1v) is 6.39. The van der Waals surface area contributed by atoms with Gasteiger partial charge in [0.05, 0.1) is 7.11 Å². The van der Waals surface area contributed by atoms with E-state index in [2.05, 4.69) is 27.1 Å². The minimum Gasteiger partial charge on any atom is -0.481 e. The van der Waals surface area contributed by atoms with Crippen LogP contribution in [0.15, 0.2) is 6.07 Å². The molecule has 6 heteroatoms. The summed E-state index contributed by atoms with van der Waals surface area (Å²) in [4.78, 5) is 10.6. The SMILES string of the molecule is CCN1CCCC1CNc1cc(OC)nc(N)n1. The highest BCUT2D eigenvalue weighted by Gasteiger charge is 2.22. The molecule has 1 aliphatic rings. The van der Waals surface area contributed by atoms with Crippen LogP contribution in [0.3, 0.4) is 0 Å². The van der Waals surface area contributed by atoms with Gasteiger partial charge in [0, 0.05) is 18.7 Å². The summed E-state index contributed by atoms with van der Waals surface area (Å²) in [7, 11) is 1.57. The minimum atomic E-state index is 0.232. The molecule has 1 aromatic heterocycles. The average Bonchev–Trinajstić information content (AvgIpc) is 2.83. The van der Waals surface area contributed by atoms with E-state index in [1.165, 1.54) is 19.4 Å². The van der Waals surface area contributed by atoms with Crippen molar-refractivity contribution in [1.82, 2.24) is 14.9 Å². The molecule has 1 aromatic rings. The third kappa shape index (κ3) is 3.01. The van der Waals surface area contributed by atoms with Crippen LogP contribution in [0.2, 0.25) is 0 Å². The molecule has 100 valence electrons. The maximum absolute atomic E-state index is 5.62. The second kappa shape index (κ2) is 5.86. The Balaban J connectivity index is 1.95. The highest BCUT2D eigenvalue weighted by molar-refractivity contribution is 5.42. The largest absolute Gasteiger partial charge is 0.481 e. The molecule has 1 aliphatic heterocycles. The van der Waals surface area contributed by atoms with E-state index >= 15 is 0 Å². The highest BCUT2D eigenvalue weighted by Crippen LogP contribution is 2.18. The lowest BCUT2D eigenvalue weighted by Crippen LogP contribution is -2.34. The third-order valence-electron chi connectivity index (χ3n) is 3.35. The zero-order valence-corrected chi connectivity index (χ0v) is 11.0. The van der Waals surface area contributed by atoms with Crippen LogP contribution in [0, 0.1) is 0 Å². The van der Waals surface area contributed by atoms with E-state index in [1.807, 2.05) is 0 Å². The van der Waals surface area contributed by atoms with Crippen molar-refractivity contribution < 1.29 is 4.74 Å². The molecule has 2 rings (SSSR count). The van der Waals surface area contributed by atoms with Gasteiger partial charge in [-0.15, -0.1) is 0 Å². The molecular weight excluding hydrogens is 230 g/mol. The van der Waals surface area contributed by atoms with Gasteiger partial charge in [0.25, 0.3) is 0 Å². The number of aromatic nitrogens is 2. The van der Waals surface area contributed by atoms with Crippen molar-refractivity contribution >= 4 is 11.8 Å². The Bertz CT molecular complexity index is 398. The van der Waals surface area contributed by atoms with E-state index in [9.17, 15) is 0 Å². The average molecular weight is 251 g/mol. The number of likely N-dealkylation sites (tertiary alicyclic amines) is 1. The number of anilines is 2. The van der Waals surface area contributed by atoms with Gasteiger partial charge in [-0.25, -0.2) is 0 Å². The van der Waals surface area contributed by atoms with Gasteiger partial charge in [-0.05, 0) is 25.9 Å². The van der Waals surface area contributed by atoms with E-state index < -0.39 is 0 Å². The number of methoxy groups -OCH3 is 1. The Morgan fingerprint density at radius 1 is 1.56 bits per heavy atom. The second-order valence-corrected chi connectivity index (χ2v) is 4.46. The van der Waals surface area contributed by atoms with E-state index in [0.717, 1.165) is 18.9 Å². The van der Waals surface area contributed by atoms with E-state index in [1.54, 1.807) is 13.2 Å². The summed E-state index contributed by atoms with van der Waals surface area (Å²) in [6.45, 7) is 5.37. The van der Waals surface area contributed by atoms with Crippen molar-refractivity contribution in [3.05, 3.63) is 6.07 Å². The summed E-state index contributed by atoms with van der Waals surface area (Å²) >= 11 is 0. The zero-order chi connectivity index (χ0) is 13.0. The van der Waals surface area contributed by atoms with Crippen molar-refractivity contribution in [2.45, 2.75) is 25.8 Å². The van der Waals surface area contributed by atoms with Crippen molar-refractivity contribution in [2.24, 2.45) is 0 Å². The smallest absolute Gasteiger partial charge is 0.225 e. The summed E-state index contributed by atoms with van der Waals surface area (Å²) in [6.07, 6.45) is 2.51. The number of rotatable bonds is 5. The molecule has 0 spiro atoms. The minimum absolute atomic E-state index is 0.232. The Hall–Kier alpha value is -1.56. The maximum Gasteiger partial charge on any atom is 0.225 e. The predicted octanol–water partition coefficient (Wildman–Crippen LogP) is 0.964. The lowest BCUT2D eigenvalue weighted by Gasteiger charge is -2.23. The first-order valence-electron chi connectivity index (χ1n) is 6.39. The topological polar surface area (TPSA) is 76.3 Å². The maximum atomic E-state index is 5.62. The van der Waals surface area contributed by atoms with Crippen LogP contribution in [-0.2, 0) is 0 Å². The lowest BCUT2D eigenvalue weighted by molar-refractivity contribution is 0.277. The van der Waals surface area contributed by atoms with Gasteiger partial charge >= 0.3 is 0 Å². The van der Waals surface area contributed by atoms with Gasteiger partial charge in [-0.3, -0.25) is 4.90 Å². The Kier molecular flexibility index (Phi) is 4.19. The van der Waals surface area contributed by atoms with Crippen LogP contribution in [-0.4, -0.2) is 47.7 Å². The molecule has 18 heavy (non-hydrogen) atoms. The van der Waals surface area contributed by atoms with Gasteiger partial charge < -0.3 is 15.8 Å². The molecule has 0 saturated carbocycles. The predicted molar refractivity (Wildman–Crippen MR) is 71.8 cm³/mol. The van der Waals surface area contributed by atoms with Crippen molar-refractivity contribution in [1.29, 1.82) is 0 Å². The molecule has 2 heterocycles. The molecule has 1 saturated heterocycles. The number of likely N-dealkylation sites (N-methyl/N-ethyl adjacent to an activating group) is 1. The van der Waals surface area contributed by atoms with Gasteiger partial charge in [-0.2, -0.15) is 9.97 Å². The molecule has 0 amide bonds. The third-order valence-corrected chi connectivity index (χ3v) is 3.35. The summed E-state index contributed by atoms with van der Waals surface area (Å²) < 4.78 is 5.07. The molecule has 1 fully saturated rings. The van der Waals surface area contributed by atoms with Gasteiger partial charge in [0.15, 0.2) is 0 Å². The molecule has 0 bridgehead atoms. The zero-order valence-electron chi connectivity index (χ0n) is 11.0. The van der Waals surface area contributed by atoms with Crippen molar-refractivity contribution in [3.63, 3.8) is 0 Å². The first-order chi connectivity index (χ1) is 8.72. The molecule has 1 unspecified atom stereocenters. The van der Waals surface area contributed by atoms with Crippen LogP contribution in [0.25, 0.3) is 0 Å². The molecule has 6 nitrogen and oxygen atoms in total. The number of nitrogens with one attached hydrogen (secondary N) is 1. The van der Waals surface area contributed by atoms with Gasteiger partial charge in [0.2, 0.25) is 11.8 Å². The van der Waals surface area contributed by atoms with Crippen LogP contribution < -0.4 is 15.8 Å². The van der Waals surface area contributed by atoms with Crippen molar-refractivity contribution in [2.75, 3.05) is 37.8 Å². The van der Waals surface area contributed by atoms with Crippen LogP contribution in [0.4, 0.5) is 11.8 Å². The molecule has 3 N–H and O–H groups in total. The number of hydrogen-bond donors (Lipinski definition) is 2. The number of hydrogen-bond acceptors (Lipinski definition) is 6. The molecule has 0 aromatic carbocycles. The van der Waals surface area contributed by atoms with Crippen LogP contribution >= 0.6 is 0 Å². The summed E-state index contributed by atoms with van der Waals surface area (Å²) in [5, 5.41) is 3.31. The number of nitrogens with two attached hydrogens (primary N) is 1. The van der Waals surface area contributed by atoms with Gasteiger partial charge in [-0.1, -0.05) is 6.92 Å². The highest BCUT2D eigenvalue weighted by atomic mass is 16.5. The number of ether oxygens (including phenoxy) is 1. The van der Waals surface area contributed by atoms with Crippen molar-refractivity contribution in [3.8, 4) is 5.88 Å². The molecule has 1 atom stereocenters. The molecular formula is C12H21N5O. The number of nitrogens with zero attached hydrogens (tertiary/aromatic N) is 3. The molecule has 0 aliphatic carbocycles. The normalized spacial score (nSPS) is 20.0. The Morgan fingerprint density at radius 2 is 2.39 bits per heavy atom. The lowest BCUT2D eigenvalue weighted by atomic mass is 10.2. The van der Waals surface area contributed by atoms with Gasteiger partial charge in [0.1, 0.15) is 5.82 Å². The van der Waals surface area contributed by atoms with E-state index in [0.29, 0.717) is 11.9 Å². The fourth-order valence-corrected chi connectivity index (χ4v) is 2.40. The quantitative estimate of drug-likeness (QED) is 0.812. The fourth-order valence-electron chi connectivity index (χ4n) is 2.40. The summed E-state index contributed by atoms with van der Waals surface area (Å²) in [6, 6.07) is 2.35. The summed E-state index contributed by atoms with van der Waals surface area (Å²) in [5.41, 5.74) is 5.62. The second-order valence-electron chi connectivity index (χ2n) is 4.46. The van der Waals surface area contributed by atoms with E-state index in [-0.39, 0.29) is 5.95 Å². The molecule has 0 radical (unpaired) electrons. The number of nitrogen functional groups attached to an aromatic ring is 1. The first kappa shape index (κ1) is 12.9.